The molecule has 1 amide bonds. The van der Waals surface area contributed by atoms with Crippen molar-refractivity contribution in [2.75, 3.05) is 11.9 Å². The summed E-state index contributed by atoms with van der Waals surface area (Å²) in [6.07, 6.45) is 7.95. The lowest BCUT2D eigenvalue weighted by Gasteiger charge is -2.29. The fourth-order valence-corrected chi connectivity index (χ4v) is 6.06. The molecule has 1 N–H and O–H groups in total. The minimum absolute atomic E-state index is 0.0797. The zero-order chi connectivity index (χ0) is 24.2. The zero-order valence-corrected chi connectivity index (χ0v) is 21.1. The zero-order valence-electron chi connectivity index (χ0n) is 19.5. The third-order valence-electron chi connectivity index (χ3n) is 6.59. The van der Waals surface area contributed by atoms with Crippen LogP contribution in [0.4, 0.5) is 5.82 Å². The summed E-state index contributed by atoms with van der Waals surface area (Å²) in [4.78, 5) is 28.5. The molecule has 2 aliphatic rings. The van der Waals surface area contributed by atoms with Gasteiger partial charge in [-0.3, -0.25) is 19.1 Å². The molecule has 2 heterocycles. The Bertz CT molecular complexity index is 1240. The van der Waals surface area contributed by atoms with Gasteiger partial charge in [0, 0.05) is 25.2 Å². The van der Waals surface area contributed by atoms with Crippen LogP contribution in [0.5, 0.6) is 0 Å². The second-order valence-corrected chi connectivity index (χ2v) is 10.4. The van der Waals surface area contributed by atoms with Crippen LogP contribution in [0.25, 0.3) is 6.08 Å². The van der Waals surface area contributed by atoms with E-state index in [1.165, 1.54) is 28.3 Å². The minimum Gasteiger partial charge on any atom is -0.371 e. The van der Waals surface area contributed by atoms with E-state index < -0.39 is 0 Å². The number of hydrogen-bond acceptors (Lipinski definition) is 6. The first-order valence-corrected chi connectivity index (χ1v) is 12.8. The maximum absolute atomic E-state index is 13.3. The fraction of sp³-hybridized carbons (Fsp3) is 0.385. The van der Waals surface area contributed by atoms with Gasteiger partial charge in [-0.2, -0.15) is 5.26 Å². The Morgan fingerprint density at radius 1 is 1.21 bits per heavy atom. The number of hydrogen-bond donors (Lipinski definition) is 1. The largest absolute Gasteiger partial charge is 0.371 e. The molecule has 176 valence electrons. The quantitative estimate of drug-likeness (QED) is 0.463. The standard InChI is InChI=1S/C26H28N4O2S2/c1-17-20(15-22-25(32)30(26(33)34-22)19-11-7-4-8-12-19)23(29(2)24(31)21(17)16-27)28-14-13-18-9-5-3-6-10-18/h3,5-6,9-10,15,19,28H,4,7-8,11-14H2,1-2H3/b22-15+. The summed E-state index contributed by atoms with van der Waals surface area (Å²) >= 11 is 6.88. The molecule has 2 fully saturated rings. The summed E-state index contributed by atoms with van der Waals surface area (Å²) < 4.78 is 2.05. The van der Waals surface area contributed by atoms with Crippen molar-refractivity contribution < 1.29 is 4.79 Å². The SMILES string of the molecule is Cc1c(/C=C2/SC(=S)N(C3CCCCC3)C2=O)c(NCCc2ccccc2)n(C)c(=O)c1C#N. The second-order valence-electron chi connectivity index (χ2n) is 8.74. The van der Waals surface area contributed by atoms with Crippen LogP contribution in [0.1, 0.15) is 54.4 Å². The van der Waals surface area contributed by atoms with Crippen molar-refractivity contribution in [1.82, 2.24) is 9.47 Å². The first-order chi connectivity index (χ1) is 16.4. The third kappa shape index (κ3) is 4.82. The smallest absolute Gasteiger partial charge is 0.270 e. The van der Waals surface area contributed by atoms with E-state index in [0.29, 0.717) is 32.7 Å². The van der Waals surface area contributed by atoms with Crippen LogP contribution < -0.4 is 10.9 Å². The number of carbonyl (C=O) groups is 1. The van der Waals surface area contributed by atoms with Crippen molar-refractivity contribution in [3.63, 3.8) is 0 Å². The Kier molecular flexibility index (Phi) is 7.54. The molecule has 2 aromatic rings. The maximum Gasteiger partial charge on any atom is 0.270 e. The summed E-state index contributed by atoms with van der Waals surface area (Å²) in [5, 5.41) is 13.0. The van der Waals surface area contributed by atoms with Gasteiger partial charge in [0.05, 0.1) is 4.91 Å². The van der Waals surface area contributed by atoms with Gasteiger partial charge in [-0.1, -0.05) is 73.6 Å². The molecule has 34 heavy (non-hydrogen) atoms. The lowest BCUT2D eigenvalue weighted by molar-refractivity contribution is -0.124. The molecule has 0 bridgehead atoms. The molecule has 0 unspecified atom stereocenters. The molecule has 1 saturated carbocycles. The van der Waals surface area contributed by atoms with Gasteiger partial charge in [0.15, 0.2) is 0 Å². The highest BCUT2D eigenvalue weighted by Crippen LogP contribution is 2.38. The summed E-state index contributed by atoms with van der Waals surface area (Å²) in [7, 11) is 1.65. The van der Waals surface area contributed by atoms with E-state index in [2.05, 4.69) is 17.4 Å². The molecule has 1 aromatic carbocycles. The van der Waals surface area contributed by atoms with Crippen LogP contribution in [0.15, 0.2) is 40.0 Å². The van der Waals surface area contributed by atoms with Crippen molar-refractivity contribution in [2.24, 2.45) is 7.05 Å². The predicted octanol–water partition coefficient (Wildman–Crippen LogP) is 4.75. The Morgan fingerprint density at radius 3 is 2.59 bits per heavy atom. The molecule has 1 aliphatic carbocycles. The van der Waals surface area contributed by atoms with Crippen LogP contribution in [0, 0.1) is 18.3 Å². The van der Waals surface area contributed by atoms with Gasteiger partial charge in [0.25, 0.3) is 11.5 Å². The van der Waals surface area contributed by atoms with Gasteiger partial charge in [0.1, 0.15) is 21.8 Å². The highest BCUT2D eigenvalue weighted by molar-refractivity contribution is 8.26. The van der Waals surface area contributed by atoms with E-state index in [1.54, 1.807) is 24.9 Å². The van der Waals surface area contributed by atoms with Gasteiger partial charge in [-0.05, 0) is 43.4 Å². The number of thioether (sulfide) groups is 1. The van der Waals surface area contributed by atoms with Crippen LogP contribution in [-0.4, -0.2) is 32.3 Å². The molecule has 1 aromatic heterocycles. The van der Waals surface area contributed by atoms with Crippen molar-refractivity contribution in [3.05, 3.63) is 67.8 Å². The number of amides is 1. The number of nitrogens with zero attached hydrogens (tertiary/aromatic N) is 3. The summed E-state index contributed by atoms with van der Waals surface area (Å²) in [6, 6.07) is 12.3. The van der Waals surface area contributed by atoms with E-state index in [0.717, 1.165) is 32.1 Å². The predicted molar refractivity (Wildman–Crippen MR) is 142 cm³/mol. The molecule has 0 spiro atoms. The van der Waals surface area contributed by atoms with Gasteiger partial charge in [0.2, 0.25) is 0 Å². The Morgan fingerprint density at radius 2 is 1.91 bits per heavy atom. The average Bonchev–Trinajstić information content (AvgIpc) is 3.13. The Hall–Kier alpha value is -2.89. The number of aromatic nitrogens is 1. The highest BCUT2D eigenvalue weighted by atomic mass is 32.2. The maximum atomic E-state index is 13.3. The molecule has 0 atom stereocenters. The minimum atomic E-state index is -0.353. The molecule has 1 aliphatic heterocycles. The topological polar surface area (TPSA) is 78.1 Å². The highest BCUT2D eigenvalue weighted by Gasteiger charge is 2.37. The van der Waals surface area contributed by atoms with Crippen LogP contribution in [-0.2, 0) is 18.3 Å². The normalized spacial score (nSPS) is 17.9. The number of nitrogens with one attached hydrogen (secondary N) is 1. The summed E-state index contributed by atoms with van der Waals surface area (Å²) in [5.74, 6) is 0.518. The number of anilines is 1. The number of nitriles is 1. The molecule has 4 rings (SSSR count). The van der Waals surface area contributed by atoms with E-state index in [4.69, 9.17) is 12.2 Å². The van der Waals surface area contributed by atoms with E-state index in [1.807, 2.05) is 24.3 Å². The molecule has 6 nitrogen and oxygen atoms in total. The van der Waals surface area contributed by atoms with Crippen molar-refractivity contribution >= 4 is 46.1 Å². The molecule has 1 saturated heterocycles. The number of benzene rings is 1. The average molecular weight is 493 g/mol. The first kappa shape index (κ1) is 24.2. The summed E-state index contributed by atoms with van der Waals surface area (Å²) in [6.45, 7) is 2.36. The van der Waals surface area contributed by atoms with Gasteiger partial charge >= 0.3 is 0 Å². The Balaban J connectivity index is 1.68. The third-order valence-corrected chi connectivity index (χ3v) is 7.92. The fourth-order valence-electron chi connectivity index (χ4n) is 4.68. The molecular weight excluding hydrogens is 464 g/mol. The van der Waals surface area contributed by atoms with E-state index in [-0.39, 0.29) is 23.1 Å². The van der Waals surface area contributed by atoms with Gasteiger partial charge in [-0.15, -0.1) is 0 Å². The first-order valence-electron chi connectivity index (χ1n) is 11.6. The summed E-state index contributed by atoms with van der Waals surface area (Å²) in [5.41, 5.74) is 2.16. The van der Waals surface area contributed by atoms with Crippen LogP contribution in [0.3, 0.4) is 0 Å². The van der Waals surface area contributed by atoms with Gasteiger partial charge < -0.3 is 5.32 Å². The van der Waals surface area contributed by atoms with E-state index >= 15 is 0 Å². The number of thiocarbonyl (C=S) groups is 1. The van der Waals surface area contributed by atoms with Crippen LogP contribution >= 0.6 is 24.0 Å². The van der Waals surface area contributed by atoms with Crippen molar-refractivity contribution in [3.8, 4) is 6.07 Å². The lowest BCUT2D eigenvalue weighted by atomic mass is 9.94. The Labute approximate surface area is 209 Å². The van der Waals surface area contributed by atoms with Crippen molar-refractivity contribution in [1.29, 1.82) is 5.26 Å². The number of rotatable bonds is 6. The number of pyridine rings is 1. The molecular formula is C26H28N4O2S2. The molecule has 8 heteroatoms. The number of carbonyl (C=O) groups excluding carboxylic acids is 1. The van der Waals surface area contributed by atoms with Crippen LogP contribution in [0.2, 0.25) is 0 Å². The van der Waals surface area contributed by atoms with Crippen molar-refractivity contribution in [2.45, 2.75) is 51.5 Å². The monoisotopic (exact) mass is 492 g/mol. The van der Waals surface area contributed by atoms with E-state index in [9.17, 15) is 14.9 Å². The second kappa shape index (κ2) is 10.6. The molecule has 0 radical (unpaired) electrons. The van der Waals surface area contributed by atoms with Gasteiger partial charge in [-0.25, -0.2) is 0 Å². The lowest BCUT2D eigenvalue weighted by Crippen LogP contribution is -2.39.